The number of nitrogens with one attached hydrogen (secondary N) is 2. The minimum absolute atomic E-state index is 0.142. The van der Waals surface area contributed by atoms with E-state index in [0.717, 1.165) is 15.6 Å². The quantitative estimate of drug-likeness (QED) is 0.150. The van der Waals surface area contributed by atoms with Crippen LogP contribution in [0.4, 0.5) is 5.69 Å². The van der Waals surface area contributed by atoms with Crippen LogP contribution in [0.25, 0.3) is 10.1 Å². The maximum Gasteiger partial charge on any atom is 0.261 e. The summed E-state index contributed by atoms with van der Waals surface area (Å²) in [7, 11) is -3.95. The van der Waals surface area contributed by atoms with Gasteiger partial charge in [-0.2, -0.15) is 5.26 Å². The van der Waals surface area contributed by atoms with E-state index in [2.05, 4.69) is 21.7 Å². The fraction of sp³-hybridized carbons (Fsp3) is 0.242. The molecule has 0 spiro atoms. The first-order valence-electron chi connectivity index (χ1n) is 14.2. The molecule has 226 valence electrons. The third kappa shape index (κ3) is 7.17. The molecule has 0 fully saturated rings. The van der Waals surface area contributed by atoms with Crippen molar-refractivity contribution in [2.45, 2.75) is 43.2 Å². The highest BCUT2D eigenvalue weighted by Gasteiger charge is 2.32. The molecule has 5 rings (SSSR count). The topological polar surface area (TPSA) is 126 Å². The van der Waals surface area contributed by atoms with Crippen LogP contribution in [0.2, 0.25) is 0 Å². The SMILES string of the molecule is CC(C)OCCCNC(=O)c1cc2c(NC(c3cncn3Cc3ccc(C#N)cc3)S(=O)(=O)c3ccccc3)cccc2s1. The second-order valence-corrected chi connectivity index (χ2v) is 13.6. The monoisotopic (exact) mass is 627 g/mol. The minimum atomic E-state index is -3.95. The summed E-state index contributed by atoms with van der Waals surface area (Å²) >= 11 is 1.35. The Bertz CT molecular complexity index is 1870. The smallest absolute Gasteiger partial charge is 0.261 e. The Labute approximate surface area is 261 Å². The molecule has 3 aromatic carbocycles. The lowest BCUT2D eigenvalue weighted by molar-refractivity contribution is 0.0757. The predicted octanol–water partition coefficient (Wildman–Crippen LogP) is 6.15. The van der Waals surface area contributed by atoms with Crippen LogP contribution in [-0.2, 0) is 21.1 Å². The Kier molecular flexibility index (Phi) is 9.75. The number of nitriles is 1. The zero-order chi connectivity index (χ0) is 31.1. The minimum Gasteiger partial charge on any atom is -0.379 e. The molecule has 0 saturated carbocycles. The van der Waals surface area contributed by atoms with Gasteiger partial charge in [-0.05, 0) is 68.3 Å². The van der Waals surface area contributed by atoms with E-state index in [4.69, 9.17) is 10.00 Å². The van der Waals surface area contributed by atoms with Crippen molar-refractivity contribution in [3.8, 4) is 6.07 Å². The van der Waals surface area contributed by atoms with Crippen LogP contribution >= 0.6 is 11.3 Å². The van der Waals surface area contributed by atoms with Gasteiger partial charge in [-0.15, -0.1) is 11.3 Å². The van der Waals surface area contributed by atoms with Gasteiger partial charge < -0.3 is 19.9 Å². The number of amides is 1. The second kappa shape index (κ2) is 13.9. The molecular formula is C33H33N5O4S2. The molecular weight excluding hydrogens is 595 g/mol. The Hall–Kier alpha value is -4.50. The van der Waals surface area contributed by atoms with Gasteiger partial charge in [0.15, 0.2) is 5.37 Å². The van der Waals surface area contributed by atoms with E-state index in [1.54, 1.807) is 65.6 Å². The van der Waals surface area contributed by atoms with Gasteiger partial charge in [0.25, 0.3) is 5.91 Å². The summed E-state index contributed by atoms with van der Waals surface area (Å²) in [5, 5.41) is 15.0. The zero-order valence-corrected chi connectivity index (χ0v) is 26.1. The molecule has 1 atom stereocenters. The van der Waals surface area contributed by atoms with Gasteiger partial charge in [-0.25, -0.2) is 13.4 Å². The van der Waals surface area contributed by atoms with Gasteiger partial charge in [0.2, 0.25) is 9.84 Å². The van der Waals surface area contributed by atoms with Crippen LogP contribution in [0.1, 0.15) is 52.1 Å². The number of imidazole rings is 1. The normalized spacial score (nSPS) is 12.2. The molecule has 11 heteroatoms. The highest BCUT2D eigenvalue weighted by Crippen LogP contribution is 2.36. The van der Waals surface area contributed by atoms with Crippen LogP contribution < -0.4 is 10.6 Å². The first-order chi connectivity index (χ1) is 21.3. The van der Waals surface area contributed by atoms with Gasteiger partial charge in [0.1, 0.15) is 0 Å². The highest BCUT2D eigenvalue weighted by molar-refractivity contribution is 7.91. The van der Waals surface area contributed by atoms with E-state index in [0.29, 0.717) is 47.9 Å². The standard InChI is InChI=1S/C33H33N5O4S2/c1-23(2)42-17-7-16-36-32(39)31-18-27-28(10-6-11-30(27)43-31)37-33(44(40,41)26-8-4-3-5-9-26)29-20-35-22-38(29)21-25-14-12-24(19-34)13-15-25/h3-6,8-15,18,20,22-23,33,37H,7,16-17,21H2,1-2H3,(H,36,39). The Morgan fingerprint density at radius 2 is 1.84 bits per heavy atom. The number of fused-ring (bicyclic) bond motifs is 1. The molecule has 2 aromatic heterocycles. The number of sulfone groups is 1. The molecule has 0 aliphatic heterocycles. The molecule has 2 N–H and O–H groups in total. The summed E-state index contributed by atoms with van der Waals surface area (Å²) in [5.74, 6) is -0.185. The number of nitrogens with zero attached hydrogens (tertiary/aromatic N) is 3. The highest BCUT2D eigenvalue weighted by atomic mass is 32.2. The molecule has 9 nitrogen and oxygen atoms in total. The van der Waals surface area contributed by atoms with Crippen molar-refractivity contribution in [3.05, 3.63) is 113 Å². The lowest BCUT2D eigenvalue weighted by Gasteiger charge is -2.22. The lowest BCUT2D eigenvalue weighted by Crippen LogP contribution is -2.25. The third-order valence-corrected chi connectivity index (χ3v) is 9.97. The number of rotatable bonds is 13. The van der Waals surface area contributed by atoms with E-state index in [-0.39, 0.29) is 16.9 Å². The van der Waals surface area contributed by atoms with E-state index in [1.165, 1.54) is 11.3 Å². The number of hydrogen-bond acceptors (Lipinski definition) is 8. The predicted molar refractivity (Wildman–Crippen MR) is 172 cm³/mol. The van der Waals surface area contributed by atoms with Gasteiger partial charge >= 0.3 is 0 Å². The maximum atomic E-state index is 14.2. The fourth-order valence-electron chi connectivity index (χ4n) is 4.74. The molecule has 44 heavy (non-hydrogen) atoms. The largest absolute Gasteiger partial charge is 0.379 e. The molecule has 0 radical (unpaired) electrons. The van der Waals surface area contributed by atoms with E-state index in [9.17, 15) is 13.2 Å². The number of thiophene rings is 1. The van der Waals surface area contributed by atoms with Crippen molar-refractivity contribution in [3.63, 3.8) is 0 Å². The number of carbonyl (C=O) groups excluding carboxylic acids is 1. The van der Waals surface area contributed by atoms with Crippen LogP contribution in [-0.4, -0.2) is 43.1 Å². The van der Waals surface area contributed by atoms with Crippen LogP contribution in [0.3, 0.4) is 0 Å². The van der Waals surface area contributed by atoms with Gasteiger partial charge in [0.05, 0.1) is 45.7 Å². The Balaban J connectivity index is 1.46. The molecule has 1 unspecified atom stereocenters. The Morgan fingerprint density at radius 1 is 1.07 bits per heavy atom. The van der Waals surface area contributed by atoms with Crippen LogP contribution in [0.15, 0.2) is 96.3 Å². The first-order valence-corrected chi connectivity index (χ1v) is 16.6. The van der Waals surface area contributed by atoms with E-state index < -0.39 is 15.2 Å². The van der Waals surface area contributed by atoms with Crippen LogP contribution in [0, 0.1) is 11.3 Å². The third-order valence-electron chi connectivity index (χ3n) is 6.96. The summed E-state index contributed by atoms with van der Waals surface area (Å²) < 4.78 is 36.5. The van der Waals surface area contributed by atoms with Crippen molar-refractivity contribution in [1.82, 2.24) is 14.9 Å². The zero-order valence-electron chi connectivity index (χ0n) is 24.4. The Morgan fingerprint density at radius 3 is 2.57 bits per heavy atom. The van der Waals surface area contributed by atoms with Crippen molar-refractivity contribution in [2.24, 2.45) is 0 Å². The molecule has 0 saturated heterocycles. The van der Waals surface area contributed by atoms with Gasteiger partial charge in [-0.3, -0.25) is 4.79 Å². The lowest BCUT2D eigenvalue weighted by atomic mass is 10.1. The van der Waals surface area contributed by atoms with Crippen molar-refractivity contribution in [1.29, 1.82) is 5.26 Å². The number of aromatic nitrogens is 2. The van der Waals surface area contributed by atoms with Gasteiger partial charge in [0, 0.05) is 35.5 Å². The molecule has 5 aromatic rings. The number of anilines is 1. The molecule has 0 aliphatic carbocycles. The van der Waals surface area contributed by atoms with Crippen LogP contribution in [0.5, 0.6) is 0 Å². The van der Waals surface area contributed by atoms with E-state index >= 15 is 0 Å². The number of carbonyl (C=O) groups is 1. The summed E-state index contributed by atoms with van der Waals surface area (Å²) in [6.07, 6.45) is 4.00. The average Bonchev–Trinajstić information content (AvgIpc) is 3.68. The number of benzene rings is 3. The fourth-order valence-corrected chi connectivity index (χ4v) is 7.35. The maximum absolute atomic E-state index is 14.2. The second-order valence-electron chi connectivity index (χ2n) is 10.5. The van der Waals surface area contributed by atoms with Gasteiger partial charge in [-0.1, -0.05) is 36.4 Å². The van der Waals surface area contributed by atoms with E-state index in [1.807, 2.05) is 44.2 Å². The molecule has 0 aliphatic rings. The summed E-state index contributed by atoms with van der Waals surface area (Å²) in [6.45, 7) is 5.36. The average molecular weight is 628 g/mol. The number of hydrogen-bond donors (Lipinski definition) is 2. The summed E-state index contributed by atoms with van der Waals surface area (Å²) in [6, 6.07) is 24.9. The molecule has 1 amide bonds. The summed E-state index contributed by atoms with van der Waals surface area (Å²) in [5.41, 5.74) is 2.47. The molecule has 0 bridgehead atoms. The molecule has 2 heterocycles. The summed E-state index contributed by atoms with van der Waals surface area (Å²) in [4.78, 5) is 18.0. The van der Waals surface area contributed by atoms with Crippen molar-refractivity contribution >= 4 is 42.9 Å². The number of ether oxygens (including phenoxy) is 1. The van der Waals surface area contributed by atoms with Crippen molar-refractivity contribution < 1.29 is 17.9 Å². The van der Waals surface area contributed by atoms with Crippen molar-refractivity contribution in [2.75, 3.05) is 18.5 Å². The first kappa shape index (κ1) is 30.9.